The van der Waals surface area contributed by atoms with E-state index in [1.165, 1.54) is 5.69 Å². The molecule has 0 bridgehead atoms. The monoisotopic (exact) mass is 332 g/mol. The number of hydrogen-bond acceptors (Lipinski definition) is 4. The van der Waals surface area contributed by atoms with E-state index in [-0.39, 0.29) is 5.78 Å². The SMILES string of the molecule is CC.CC.CC(=O)Cc1nc2ccc(N3CCN(C)CC3)cc2[nH]1. The van der Waals surface area contributed by atoms with Gasteiger partial charge >= 0.3 is 0 Å². The highest BCUT2D eigenvalue weighted by atomic mass is 16.1. The first kappa shape index (κ1) is 20.2. The predicted molar refractivity (Wildman–Crippen MR) is 103 cm³/mol. The van der Waals surface area contributed by atoms with E-state index in [0.717, 1.165) is 43.0 Å². The van der Waals surface area contributed by atoms with Crippen molar-refractivity contribution in [3.63, 3.8) is 0 Å². The lowest BCUT2D eigenvalue weighted by Gasteiger charge is -2.34. The number of likely N-dealkylation sites (N-methyl/N-ethyl adjacent to an activating group) is 1. The lowest BCUT2D eigenvalue weighted by atomic mass is 10.2. The molecule has 1 N–H and O–H groups in total. The van der Waals surface area contributed by atoms with Crippen molar-refractivity contribution in [1.29, 1.82) is 0 Å². The van der Waals surface area contributed by atoms with E-state index in [2.05, 4.69) is 38.9 Å². The highest BCUT2D eigenvalue weighted by molar-refractivity contribution is 5.82. The van der Waals surface area contributed by atoms with Crippen LogP contribution in [0.4, 0.5) is 5.69 Å². The van der Waals surface area contributed by atoms with Crippen molar-refractivity contribution in [2.24, 2.45) is 0 Å². The van der Waals surface area contributed by atoms with Crippen LogP contribution in [0.25, 0.3) is 11.0 Å². The van der Waals surface area contributed by atoms with Crippen molar-refractivity contribution in [3.8, 4) is 0 Å². The second kappa shape index (κ2) is 10.1. The minimum absolute atomic E-state index is 0.128. The van der Waals surface area contributed by atoms with E-state index < -0.39 is 0 Å². The Morgan fingerprint density at radius 2 is 1.75 bits per heavy atom. The largest absolute Gasteiger partial charge is 0.369 e. The van der Waals surface area contributed by atoms with Gasteiger partial charge in [-0.25, -0.2) is 4.98 Å². The molecule has 1 saturated heterocycles. The smallest absolute Gasteiger partial charge is 0.137 e. The molecule has 1 aliphatic heterocycles. The number of benzene rings is 1. The number of hydrogen-bond donors (Lipinski definition) is 1. The number of ketones is 1. The molecule has 5 nitrogen and oxygen atoms in total. The van der Waals surface area contributed by atoms with Gasteiger partial charge in [-0.3, -0.25) is 4.79 Å². The van der Waals surface area contributed by atoms with E-state index in [0.29, 0.717) is 6.42 Å². The number of Topliss-reactive ketones (excluding diaryl/α,β-unsaturated/α-hetero) is 1. The van der Waals surface area contributed by atoms with Gasteiger partial charge < -0.3 is 14.8 Å². The summed E-state index contributed by atoms with van der Waals surface area (Å²) < 4.78 is 0. The summed E-state index contributed by atoms with van der Waals surface area (Å²) in [5.74, 6) is 0.881. The van der Waals surface area contributed by atoms with Gasteiger partial charge in [-0.15, -0.1) is 0 Å². The molecular weight excluding hydrogens is 300 g/mol. The third-order valence-corrected chi connectivity index (χ3v) is 3.80. The van der Waals surface area contributed by atoms with E-state index in [4.69, 9.17) is 0 Å². The normalized spacial score (nSPS) is 14.5. The van der Waals surface area contributed by atoms with Gasteiger partial charge in [0.15, 0.2) is 0 Å². The van der Waals surface area contributed by atoms with Crippen molar-refractivity contribution >= 4 is 22.5 Å². The van der Waals surface area contributed by atoms with Gasteiger partial charge in [0.1, 0.15) is 11.6 Å². The number of aromatic nitrogens is 2. The third-order valence-electron chi connectivity index (χ3n) is 3.80. The van der Waals surface area contributed by atoms with Crippen LogP contribution in [-0.2, 0) is 11.2 Å². The van der Waals surface area contributed by atoms with Crippen molar-refractivity contribution < 1.29 is 4.79 Å². The number of nitrogens with zero attached hydrogens (tertiary/aromatic N) is 3. The molecule has 3 rings (SSSR count). The molecule has 2 aromatic rings. The molecule has 24 heavy (non-hydrogen) atoms. The number of carbonyl (C=O) groups is 1. The fraction of sp³-hybridized carbons (Fsp3) is 0.579. The Hall–Kier alpha value is -1.88. The van der Waals surface area contributed by atoms with Crippen LogP contribution in [0.3, 0.4) is 0 Å². The first-order chi connectivity index (χ1) is 11.6. The zero-order valence-corrected chi connectivity index (χ0v) is 16.0. The Morgan fingerprint density at radius 3 is 2.33 bits per heavy atom. The molecule has 1 aromatic carbocycles. The first-order valence-corrected chi connectivity index (χ1v) is 9.03. The maximum Gasteiger partial charge on any atom is 0.137 e. The number of fused-ring (bicyclic) bond motifs is 1. The average Bonchev–Trinajstić information content (AvgIpc) is 2.99. The summed E-state index contributed by atoms with van der Waals surface area (Å²) >= 11 is 0. The van der Waals surface area contributed by atoms with Crippen LogP contribution in [0.15, 0.2) is 18.2 Å². The van der Waals surface area contributed by atoms with Gasteiger partial charge in [0.05, 0.1) is 17.5 Å². The van der Waals surface area contributed by atoms with Crippen LogP contribution in [0.1, 0.15) is 40.4 Å². The molecule has 0 atom stereocenters. The quantitative estimate of drug-likeness (QED) is 0.935. The van der Waals surface area contributed by atoms with E-state index >= 15 is 0 Å². The molecule has 1 fully saturated rings. The zero-order valence-electron chi connectivity index (χ0n) is 16.0. The molecule has 0 radical (unpaired) electrons. The molecule has 0 aliphatic carbocycles. The summed E-state index contributed by atoms with van der Waals surface area (Å²) in [6, 6.07) is 6.28. The summed E-state index contributed by atoms with van der Waals surface area (Å²) in [4.78, 5) is 23.6. The molecule has 0 unspecified atom stereocenters. The molecule has 0 spiro atoms. The Labute approximate surface area is 146 Å². The maximum absolute atomic E-state index is 11.2. The van der Waals surface area contributed by atoms with E-state index in [1.807, 2.05) is 33.8 Å². The van der Waals surface area contributed by atoms with Gasteiger partial charge in [-0.2, -0.15) is 0 Å². The highest BCUT2D eigenvalue weighted by Crippen LogP contribution is 2.22. The van der Waals surface area contributed by atoms with Crippen LogP contribution >= 0.6 is 0 Å². The van der Waals surface area contributed by atoms with Crippen LogP contribution in [-0.4, -0.2) is 53.9 Å². The maximum atomic E-state index is 11.2. The Morgan fingerprint density at radius 1 is 1.12 bits per heavy atom. The Bertz CT molecular complexity index is 627. The lowest BCUT2D eigenvalue weighted by molar-refractivity contribution is -0.116. The summed E-state index contributed by atoms with van der Waals surface area (Å²) in [5.41, 5.74) is 3.17. The third kappa shape index (κ3) is 5.34. The summed E-state index contributed by atoms with van der Waals surface area (Å²) in [7, 11) is 2.16. The van der Waals surface area contributed by atoms with Crippen molar-refractivity contribution in [2.75, 3.05) is 38.1 Å². The number of H-pyrrole nitrogens is 1. The molecule has 0 amide bonds. The van der Waals surface area contributed by atoms with E-state index in [9.17, 15) is 4.79 Å². The summed E-state index contributed by atoms with van der Waals surface area (Å²) in [5, 5.41) is 0. The minimum Gasteiger partial charge on any atom is -0.369 e. The van der Waals surface area contributed by atoms with Gasteiger partial charge in [-0.1, -0.05) is 27.7 Å². The first-order valence-electron chi connectivity index (χ1n) is 9.03. The fourth-order valence-corrected chi connectivity index (χ4v) is 2.63. The molecule has 134 valence electrons. The van der Waals surface area contributed by atoms with Crippen LogP contribution in [0.2, 0.25) is 0 Å². The van der Waals surface area contributed by atoms with Crippen LogP contribution < -0.4 is 4.90 Å². The topological polar surface area (TPSA) is 52.2 Å². The second-order valence-electron chi connectivity index (χ2n) is 5.55. The minimum atomic E-state index is 0.128. The van der Waals surface area contributed by atoms with Crippen molar-refractivity contribution in [3.05, 3.63) is 24.0 Å². The number of aromatic amines is 1. The summed E-state index contributed by atoms with van der Waals surface area (Å²) in [6.07, 6.45) is 0.374. The van der Waals surface area contributed by atoms with Gasteiger partial charge in [0, 0.05) is 31.9 Å². The number of rotatable bonds is 3. The zero-order chi connectivity index (χ0) is 18.1. The lowest BCUT2D eigenvalue weighted by Crippen LogP contribution is -2.44. The molecule has 0 saturated carbocycles. The second-order valence-corrected chi connectivity index (χ2v) is 5.55. The Kier molecular flexibility index (Phi) is 8.47. The summed E-state index contributed by atoms with van der Waals surface area (Å²) in [6.45, 7) is 13.9. The predicted octanol–water partition coefficient (Wildman–Crippen LogP) is 3.50. The molecular formula is C19H32N4O. The Balaban J connectivity index is 0.000000671. The number of piperazine rings is 1. The standard InChI is InChI=1S/C15H20N4O.2C2H6/c1-11(20)9-15-16-13-4-3-12(10-14(13)17-15)19-7-5-18(2)6-8-19;2*1-2/h3-4,10H,5-9H2,1-2H3,(H,16,17);2*1-2H3. The fourth-order valence-electron chi connectivity index (χ4n) is 2.63. The molecule has 1 aliphatic rings. The van der Waals surface area contributed by atoms with Gasteiger partial charge in [0.2, 0.25) is 0 Å². The number of anilines is 1. The van der Waals surface area contributed by atoms with Crippen molar-refractivity contribution in [1.82, 2.24) is 14.9 Å². The van der Waals surface area contributed by atoms with Crippen LogP contribution in [0, 0.1) is 0 Å². The molecule has 1 aromatic heterocycles. The molecule has 2 heterocycles. The average molecular weight is 332 g/mol. The van der Waals surface area contributed by atoms with Gasteiger partial charge in [-0.05, 0) is 32.2 Å². The van der Waals surface area contributed by atoms with Crippen LogP contribution in [0.5, 0.6) is 0 Å². The van der Waals surface area contributed by atoms with Crippen molar-refractivity contribution in [2.45, 2.75) is 41.0 Å². The number of imidazole rings is 1. The number of nitrogens with one attached hydrogen (secondary N) is 1. The van der Waals surface area contributed by atoms with Gasteiger partial charge in [0.25, 0.3) is 0 Å². The highest BCUT2D eigenvalue weighted by Gasteiger charge is 2.15. The van der Waals surface area contributed by atoms with E-state index in [1.54, 1.807) is 6.92 Å². The molecule has 5 heteroatoms. The number of carbonyl (C=O) groups excluding carboxylic acids is 1.